The molecule has 0 spiro atoms. The summed E-state index contributed by atoms with van der Waals surface area (Å²) < 4.78 is 0. The van der Waals surface area contributed by atoms with Gasteiger partial charge in [-0.3, -0.25) is 4.79 Å². The summed E-state index contributed by atoms with van der Waals surface area (Å²) in [6.07, 6.45) is 4.28. The zero-order valence-corrected chi connectivity index (χ0v) is 7.44. The van der Waals surface area contributed by atoms with Gasteiger partial charge < -0.3 is 5.32 Å². The fourth-order valence-corrected chi connectivity index (χ4v) is 1.92. The quantitative estimate of drug-likeness (QED) is 0.669. The highest BCUT2D eigenvalue weighted by Gasteiger charge is 2.36. The molecule has 0 aromatic rings. The molecule has 11 heavy (non-hydrogen) atoms. The van der Waals surface area contributed by atoms with Crippen molar-refractivity contribution in [3.05, 3.63) is 0 Å². The van der Waals surface area contributed by atoms with Gasteiger partial charge in [-0.15, -0.1) is 0 Å². The number of carbonyl (C=O) groups is 1. The highest BCUT2D eigenvalue weighted by molar-refractivity contribution is 5.86. The van der Waals surface area contributed by atoms with Gasteiger partial charge in [0.1, 0.15) is 5.78 Å². The van der Waals surface area contributed by atoms with Gasteiger partial charge in [0, 0.05) is 0 Å². The van der Waals surface area contributed by atoms with Crippen molar-refractivity contribution in [2.24, 2.45) is 0 Å². The third-order valence-corrected chi connectivity index (χ3v) is 2.59. The van der Waals surface area contributed by atoms with Crippen molar-refractivity contribution in [2.45, 2.75) is 45.1 Å². The second kappa shape index (κ2) is 3.35. The molecule has 0 bridgehead atoms. The average molecular weight is 155 g/mol. The largest absolute Gasteiger partial charge is 0.305 e. The lowest BCUT2D eigenvalue weighted by Gasteiger charge is -2.25. The Morgan fingerprint density at radius 3 is 2.73 bits per heavy atom. The Morgan fingerprint density at radius 2 is 2.36 bits per heavy atom. The molecule has 1 aliphatic heterocycles. The first-order chi connectivity index (χ1) is 5.21. The van der Waals surface area contributed by atoms with Crippen LogP contribution < -0.4 is 5.32 Å². The van der Waals surface area contributed by atoms with E-state index in [0.717, 1.165) is 32.2 Å². The monoisotopic (exact) mass is 155 g/mol. The minimum Gasteiger partial charge on any atom is -0.305 e. The Kier molecular flexibility index (Phi) is 2.66. The summed E-state index contributed by atoms with van der Waals surface area (Å²) >= 11 is 0. The Balaban J connectivity index is 2.62. The van der Waals surface area contributed by atoms with E-state index in [9.17, 15) is 4.79 Å². The smallest absolute Gasteiger partial charge is 0.149 e. The minimum absolute atomic E-state index is 0.144. The number of nitrogens with one attached hydrogen (secondary N) is 1. The van der Waals surface area contributed by atoms with Crippen LogP contribution in [-0.2, 0) is 4.79 Å². The average Bonchev–Trinajstić information content (AvgIpc) is 2.38. The summed E-state index contributed by atoms with van der Waals surface area (Å²) in [4.78, 5) is 11.3. The molecule has 1 atom stereocenters. The van der Waals surface area contributed by atoms with Crippen molar-refractivity contribution in [3.8, 4) is 0 Å². The first-order valence-corrected chi connectivity index (χ1v) is 4.47. The van der Waals surface area contributed by atoms with Crippen LogP contribution in [0, 0.1) is 0 Å². The maximum absolute atomic E-state index is 11.3. The van der Waals surface area contributed by atoms with E-state index in [1.165, 1.54) is 0 Å². The maximum atomic E-state index is 11.3. The van der Waals surface area contributed by atoms with Gasteiger partial charge in [0.25, 0.3) is 0 Å². The van der Waals surface area contributed by atoms with Gasteiger partial charge >= 0.3 is 0 Å². The van der Waals surface area contributed by atoms with Crippen molar-refractivity contribution >= 4 is 5.78 Å². The van der Waals surface area contributed by atoms with Gasteiger partial charge in [-0.05, 0) is 32.7 Å². The summed E-state index contributed by atoms with van der Waals surface area (Å²) in [5.41, 5.74) is -0.144. The predicted molar refractivity (Wildman–Crippen MR) is 45.6 cm³/mol. The number of hydrogen-bond acceptors (Lipinski definition) is 2. The molecule has 0 aromatic carbocycles. The molecule has 0 radical (unpaired) electrons. The van der Waals surface area contributed by atoms with Gasteiger partial charge in [0.2, 0.25) is 0 Å². The van der Waals surface area contributed by atoms with E-state index in [-0.39, 0.29) is 5.54 Å². The molecule has 0 saturated carbocycles. The molecule has 0 amide bonds. The summed E-state index contributed by atoms with van der Waals surface area (Å²) in [5.74, 6) is 0.317. The number of rotatable bonds is 3. The molecular weight excluding hydrogens is 138 g/mol. The molecule has 2 heteroatoms. The van der Waals surface area contributed by atoms with Crippen LogP contribution in [0.1, 0.15) is 39.5 Å². The van der Waals surface area contributed by atoms with E-state index in [1.807, 2.05) is 0 Å². The molecule has 0 aromatic heterocycles. The van der Waals surface area contributed by atoms with E-state index in [2.05, 4.69) is 12.2 Å². The van der Waals surface area contributed by atoms with E-state index >= 15 is 0 Å². The van der Waals surface area contributed by atoms with Crippen molar-refractivity contribution in [1.82, 2.24) is 5.32 Å². The first kappa shape index (κ1) is 8.72. The van der Waals surface area contributed by atoms with Crippen LogP contribution in [0.2, 0.25) is 0 Å². The van der Waals surface area contributed by atoms with Crippen LogP contribution in [0.15, 0.2) is 0 Å². The van der Waals surface area contributed by atoms with E-state index in [1.54, 1.807) is 6.92 Å². The van der Waals surface area contributed by atoms with Crippen LogP contribution >= 0.6 is 0 Å². The van der Waals surface area contributed by atoms with Gasteiger partial charge in [-0.1, -0.05) is 13.3 Å². The third-order valence-electron chi connectivity index (χ3n) is 2.59. The molecule has 0 aliphatic carbocycles. The lowest BCUT2D eigenvalue weighted by atomic mass is 9.88. The maximum Gasteiger partial charge on any atom is 0.149 e. The molecule has 1 saturated heterocycles. The molecule has 1 unspecified atom stereocenters. The van der Waals surface area contributed by atoms with Crippen LogP contribution in [-0.4, -0.2) is 17.9 Å². The van der Waals surface area contributed by atoms with Gasteiger partial charge in [-0.25, -0.2) is 0 Å². The number of ketones is 1. The molecule has 1 rings (SSSR count). The zero-order chi connectivity index (χ0) is 8.32. The SMILES string of the molecule is CCCC1(C(C)=O)CCCN1. The first-order valence-electron chi connectivity index (χ1n) is 4.47. The molecule has 1 fully saturated rings. The fraction of sp³-hybridized carbons (Fsp3) is 0.889. The standard InChI is InChI=1S/C9H17NO/c1-3-5-9(8(2)11)6-4-7-10-9/h10H,3-7H2,1-2H3. The van der Waals surface area contributed by atoms with E-state index in [4.69, 9.17) is 0 Å². The number of Topliss-reactive ketones (excluding diaryl/α,β-unsaturated/α-hetero) is 1. The Bertz CT molecular complexity index is 148. The number of hydrogen-bond donors (Lipinski definition) is 1. The van der Waals surface area contributed by atoms with Gasteiger partial charge in [0.15, 0.2) is 0 Å². The second-order valence-electron chi connectivity index (χ2n) is 3.42. The summed E-state index contributed by atoms with van der Waals surface area (Å²) in [6.45, 7) is 4.85. The van der Waals surface area contributed by atoms with Crippen LogP contribution in [0.25, 0.3) is 0 Å². The topological polar surface area (TPSA) is 29.1 Å². The summed E-state index contributed by atoms with van der Waals surface area (Å²) in [6, 6.07) is 0. The fourth-order valence-electron chi connectivity index (χ4n) is 1.92. The second-order valence-corrected chi connectivity index (χ2v) is 3.42. The normalized spacial score (nSPS) is 30.7. The third kappa shape index (κ3) is 1.62. The van der Waals surface area contributed by atoms with Crippen LogP contribution in [0.4, 0.5) is 0 Å². The van der Waals surface area contributed by atoms with Crippen LogP contribution in [0.5, 0.6) is 0 Å². The van der Waals surface area contributed by atoms with Crippen molar-refractivity contribution in [3.63, 3.8) is 0 Å². The zero-order valence-electron chi connectivity index (χ0n) is 7.44. The van der Waals surface area contributed by atoms with Crippen LogP contribution in [0.3, 0.4) is 0 Å². The Hall–Kier alpha value is -0.370. The lowest BCUT2D eigenvalue weighted by Crippen LogP contribution is -2.46. The molecular formula is C9H17NO. The highest BCUT2D eigenvalue weighted by Crippen LogP contribution is 2.25. The predicted octanol–water partition coefficient (Wildman–Crippen LogP) is 1.50. The Morgan fingerprint density at radius 1 is 1.64 bits per heavy atom. The van der Waals surface area contributed by atoms with E-state index < -0.39 is 0 Å². The Labute approximate surface area is 68.4 Å². The number of carbonyl (C=O) groups excluding carboxylic acids is 1. The van der Waals surface area contributed by atoms with Crippen molar-refractivity contribution < 1.29 is 4.79 Å². The molecule has 2 nitrogen and oxygen atoms in total. The van der Waals surface area contributed by atoms with Crippen molar-refractivity contribution in [2.75, 3.05) is 6.54 Å². The van der Waals surface area contributed by atoms with E-state index in [0.29, 0.717) is 5.78 Å². The molecule has 1 heterocycles. The molecule has 1 N–H and O–H groups in total. The van der Waals surface area contributed by atoms with Crippen molar-refractivity contribution in [1.29, 1.82) is 0 Å². The summed E-state index contributed by atoms with van der Waals surface area (Å²) in [7, 11) is 0. The van der Waals surface area contributed by atoms with Gasteiger partial charge in [-0.2, -0.15) is 0 Å². The minimum atomic E-state index is -0.144. The molecule has 1 aliphatic rings. The van der Waals surface area contributed by atoms with Gasteiger partial charge in [0.05, 0.1) is 5.54 Å². The lowest BCUT2D eigenvalue weighted by molar-refractivity contribution is -0.123. The highest BCUT2D eigenvalue weighted by atomic mass is 16.1. The molecule has 64 valence electrons. The summed E-state index contributed by atoms with van der Waals surface area (Å²) in [5, 5.41) is 3.32.